The van der Waals surface area contributed by atoms with Gasteiger partial charge in [0.15, 0.2) is 0 Å². The summed E-state index contributed by atoms with van der Waals surface area (Å²) in [6.45, 7) is 11.7. The van der Waals surface area contributed by atoms with Crippen molar-refractivity contribution in [1.82, 2.24) is 5.32 Å². The molecule has 0 amide bonds. The van der Waals surface area contributed by atoms with Crippen molar-refractivity contribution in [3.8, 4) is 0 Å². The molecular weight excluding hydrogens is 182 g/mol. The fraction of sp³-hybridized carbons (Fsp3) is 1.00. The number of rotatable bonds is 2. The standard InChI is InChI=1S/C14H27N/c1-10(2)15-12-8-14(9-12)6-11(7-14)13(3,4)5/h10-12,15H,6-9H2,1-5H3. The minimum Gasteiger partial charge on any atom is -0.312 e. The van der Waals surface area contributed by atoms with Gasteiger partial charge in [0.25, 0.3) is 0 Å². The summed E-state index contributed by atoms with van der Waals surface area (Å²) in [4.78, 5) is 0. The van der Waals surface area contributed by atoms with Crippen LogP contribution in [0.5, 0.6) is 0 Å². The highest BCUT2D eigenvalue weighted by Crippen LogP contribution is 2.62. The quantitative estimate of drug-likeness (QED) is 0.733. The van der Waals surface area contributed by atoms with Crippen LogP contribution < -0.4 is 5.32 Å². The van der Waals surface area contributed by atoms with E-state index in [0.29, 0.717) is 11.5 Å². The zero-order chi connectivity index (χ0) is 11.3. The van der Waals surface area contributed by atoms with Gasteiger partial charge in [0.2, 0.25) is 0 Å². The molecule has 0 aliphatic heterocycles. The monoisotopic (exact) mass is 209 g/mol. The third-order valence-corrected chi connectivity index (χ3v) is 4.51. The van der Waals surface area contributed by atoms with E-state index >= 15 is 0 Å². The molecule has 2 fully saturated rings. The highest BCUT2D eigenvalue weighted by molar-refractivity contribution is 5.07. The summed E-state index contributed by atoms with van der Waals surface area (Å²) >= 11 is 0. The van der Waals surface area contributed by atoms with Gasteiger partial charge in [0.1, 0.15) is 0 Å². The second-order valence-electron chi connectivity index (χ2n) is 7.40. The van der Waals surface area contributed by atoms with Crippen molar-refractivity contribution in [2.45, 2.75) is 72.4 Å². The van der Waals surface area contributed by atoms with Gasteiger partial charge in [-0.05, 0) is 42.4 Å². The highest BCUT2D eigenvalue weighted by Gasteiger charge is 2.54. The fourth-order valence-corrected chi connectivity index (χ4v) is 3.51. The van der Waals surface area contributed by atoms with Gasteiger partial charge in [0.05, 0.1) is 0 Å². The van der Waals surface area contributed by atoms with Crippen LogP contribution in [0, 0.1) is 16.7 Å². The van der Waals surface area contributed by atoms with E-state index in [1.54, 1.807) is 0 Å². The van der Waals surface area contributed by atoms with E-state index in [4.69, 9.17) is 0 Å². The van der Waals surface area contributed by atoms with Crippen molar-refractivity contribution in [2.24, 2.45) is 16.7 Å². The maximum atomic E-state index is 3.66. The Morgan fingerprint density at radius 3 is 2.00 bits per heavy atom. The molecule has 88 valence electrons. The number of hydrogen-bond donors (Lipinski definition) is 1. The maximum Gasteiger partial charge on any atom is 0.00800 e. The second-order valence-corrected chi connectivity index (χ2v) is 7.40. The lowest BCUT2D eigenvalue weighted by atomic mass is 9.46. The van der Waals surface area contributed by atoms with Crippen LogP contribution in [-0.2, 0) is 0 Å². The van der Waals surface area contributed by atoms with Gasteiger partial charge in [-0.1, -0.05) is 34.6 Å². The Kier molecular flexibility index (Phi) is 2.65. The third kappa shape index (κ3) is 2.22. The molecule has 2 aliphatic carbocycles. The minimum absolute atomic E-state index is 0.543. The fourth-order valence-electron chi connectivity index (χ4n) is 3.51. The van der Waals surface area contributed by atoms with Crippen molar-refractivity contribution in [2.75, 3.05) is 0 Å². The Morgan fingerprint density at radius 2 is 1.60 bits per heavy atom. The summed E-state index contributed by atoms with van der Waals surface area (Å²) in [7, 11) is 0. The average molecular weight is 209 g/mol. The first-order valence-corrected chi connectivity index (χ1v) is 6.57. The summed E-state index contributed by atoms with van der Waals surface area (Å²) in [5.74, 6) is 0.984. The van der Waals surface area contributed by atoms with Crippen molar-refractivity contribution >= 4 is 0 Å². The lowest BCUT2D eigenvalue weighted by molar-refractivity contribution is -0.0892. The Balaban J connectivity index is 1.73. The molecule has 0 saturated heterocycles. The summed E-state index contributed by atoms with van der Waals surface area (Å²) in [5, 5.41) is 3.66. The third-order valence-electron chi connectivity index (χ3n) is 4.51. The Morgan fingerprint density at radius 1 is 1.07 bits per heavy atom. The molecule has 15 heavy (non-hydrogen) atoms. The largest absolute Gasteiger partial charge is 0.312 e. The van der Waals surface area contributed by atoms with Crippen LogP contribution in [0.2, 0.25) is 0 Å². The van der Waals surface area contributed by atoms with E-state index in [9.17, 15) is 0 Å². The predicted molar refractivity (Wildman–Crippen MR) is 65.9 cm³/mol. The lowest BCUT2D eigenvalue weighted by Gasteiger charge is -2.61. The molecule has 0 radical (unpaired) electrons. The molecular formula is C14H27N. The molecule has 2 aliphatic rings. The molecule has 1 nitrogen and oxygen atoms in total. The molecule has 0 aromatic rings. The average Bonchev–Trinajstić information content (AvgIpc) is 1.87. The molecule has 2 rings (SSSR count). The van der Waals surface area contributed by atoms with Crippen LogP contribution in [0.25, 0.3) is 0 Å². The SMILES string of the molecule is CC(C)NC1CC2(C1)CC(C(C)(C)C)C2. The predicted octanol–water partition coefficient (Wildman–Crippen LogP) is 3.59. The van der Waals surface area contributed by atoms with E-state index in [0.717, 1.165) is 17.4 Å². The van der Waals surface area contributed by atoms with Gasteiger partial charge in [-0.2, -0.15) is 0 Å². The van der Waals surface area contributed by atoms with Crippen molar-refractivity contribution in [3.63, 3.8) is 0 Å². The Bertz CT molecular complexity index is 222. The molecule has 0 atom stereocenters. The van der Waals surface area contributed by atoms with E-state index in [2.05, 4.69) is 39.9 Å². The second kappa shape index (κ2) is 3.48. The first-order chi connectivity index (χ1) is 6.81. The van der Waals surface area contributed by atoms with Gasteiger partial charge < -0.3 is 5.32 Å². The molecule has 0 aromatic carbocycles. The first kappa shape index (κ1) is 11.4. The van der Waals surface area contributed by atoms with E-state index in [1.807, 2.05) is 0 Å². The van der Waals surface area contributed by atoms with Crippen molar-refractivity contribution in [3.05, 3.63) is 0 Å². The smallest absolute Gasteiger partial charge is 0.00800 e. The number of nitrogens with one attached hydrogen (secondary N) is 1. The topological polar surface area (TPSA) is 12.0 Å². The van der Waals surface area contributed by atoms with Gasteiger partial charge >= 0.3 is 0 Å². The molecule has 1 N–H and O–H groups in total. The van der Waals surface area contributed by atoms with Crippen LogP contribution in [0.4, 0.5) is 0 Å². The van der Waals surface area contributed by atoms with Crippen LogP contribution in [0.1, 0.15) is 60.3 Å². The van der Waals surface area contributed by atoms with E-state index in [-0.39, 0.29) is 0 Å². The summed E-state index contributed by atoms with van der Waals surface area (Å²) in [6, 6.07) is 1.48. The molecule has 0 aromatic heterocycles. The van der Waals surface area contributed by atoms with Crippen LogP contribution in [0.15, 0.2) is 0 Å². The Hall–Kier alpha value is -0.0400. The maximum absolute atomic E-state index is 3.66. The van der Waals surface area contributed by atoms with Crippen LogP contribution >= 0.6 is 0 Å². The van der Waals surface area contributed by atoms with Crippen molar-refractivity contribution in [1.29, 1.82) is 0 Å². The van der Waals surface area contributed by atoms with Crippen LogP contribution in [-0.4, -0.2) is 12.1 Å². The lowest BCUT2D eigenvalue weighted by Crippen LogP contribution is -2.58. The minimum atomic E-state index is 0.543. The van der Waals surface area contributed by atoms with Gasteiger partial charge in [-0.25, -0.2) is 0 Å². The molecule has 2 saturated carbocycles. The van der Waals surface area contributed by atoms with Gasteiger partial charge in [-0.15, -0.1) is 0 Å². The summed E-state index contributed by atoms with van der Waals surface area (Å²) < 4.78 is 0. The van der Waals surface area contributed by atoms with Gasteiger partial charge in [-0.3, -0.25) is 0 Å². The van der Waals surface area contributed by atoms with E-state index < -0.39 is 0 Å². The molecule has 1 spiro atoms. The summed E-state index contributed by atoms with van der Waals surface area (Å²) in [5.41, 5.74) is 1.31. The summed E-state index contributed by atoms with van der Waals surface area (Å²) in [6.07, 6.45) is 5.87. The van der Waals surface area contributed by atoms with Crippen molar-refractivity contribution < 1.29 is 0 Å². The molecule has 0 unspecified atom stereocenters. The van der Waals surface area contributed by atoms with Gasteiger partial charge in [0, 0.05) is 12.1 Å². The highest BCUT2D eigenvalue weighted by atomic mass is 15.0. The number of hydrogen-bond acceptors (Lipinski definition) is 1. The normalized spacial score (nSPS) is 40.4. The molecule has 0 heterocycles. The van der Waals surface area contributed by atoms with Crippen LogP contribution in [0.3, 0.4) is 0 Å². The zero-order valence-corrected chi connectivity index (χ0v) is 11.1. The van der Waals surface area contributed by atoms with E-state index in [1.165, 1.54) is 25.7 Å². The molecule has 0 bridgehead atoms. The Labute approximate surface area is 95.0 Å². The molecule has 1 heteroatoms. The zero-order valence-electron chi connectivity index (χ0n) is 11.1. The first-order valence-electron chi connectivity index (χ1n) is 6.57.